The van der Waals surface area contributed by atoms with Crippen molar-refractivity contribution in [2.24, 2.45) is 5.92 Å². The Balaban J connectivity index is 2.56. The van der Waals surface area contributed by atoms with Crippen LogP contribution in [0.5, 0.6) is 0 Å². The van der Waals surface area contributed by atoms with E-state index in [1.165, 1.54) is 0 Å². The maximum atomic E-state index is 10.1. The van der Waals surface area contributed by atoms with Crippen molar-refractivity contribution in [2.45, 2.75) is 18.9 Å². The number of halogens is 2. The molecule has 0 aliphatic rings. The summed E-state index contributed by atoms with van der Waals surface area (Å²) >= 11 is 11.8. The summed E-state index contributed by atoms with van der Waals surface area (Å²) in [6.45, 7) is 0.534. The SMILES string of the molecule is COCC(CO)CCC(O)c1ccc(Cl)cc1Cl. The van der Waals surface area contributed by atoms with Crippen LogP contribution in [0.3, 0.4) is 0 Å². The van der Waals surface area contributed by atoms with Crippen LogP contribution in [0.4, 0.5) is 0 Å². The van der Waals surface area contributed by atoms with Gasteiger partial charge in [0, 0.05) is 29.7 Å². The van der Waals surface area contributed by atoms with Crippen LogP contribution in [0, 0.1) is 5.92 Å². The van der Waals surface area contributed by atoms with Crippen molar-refractivity contribution < 1.29 is 14.9 Å². The molecule has 0 aromatic heterocycles. The summed E-state index contributed by atoms with van der Waals surface area (Å²) in [6.07, 6.45) is 0.543. The Kier molecular flexibility index (Phi) is 6.97. The van der Waals surface area contributed by atoms with Crippen LogP contribution in [0.15, 0.2) is 18.2 Å². The average molecular weight is 293 g/mol. The molecule has 0 saturated carbocycles. The topological polar surface area (TPSA) is 49.7 Å². The summed E-state index contributed by atoms with van der Waals surface area (Å²) in [5.74, 6) is 0.0377. The molecule has 0 radical (unpaired) electrons. The Morgan fingerprint density at radius 2 is 2.00 bits per heavy atom. The van der Waals surface area contributed by atoms with E-state index in [0.717, 1.165) is 0 Å². The van der Waals surface area contributed by atoms with Crippen LogP contribution in [-0.2, 0) is 4.74 Å². The van der Waals surface area contributed by atoms with Gasteiger partial charge in [-0.05, 0) is 30.5 Å². The van der Waals surface area contributed by atoms with Gasteiger partial charge in [-0.1, -0.05) is 29.3 Å². The molecule has 0 bridgehead atoms. The minimum Gasteiger partial charge on any atom is -0.396 e. The molecule has 0 fully saturated rings. The molecule has 3 nitrogen and oxygen atoms in total. The van der Waals surface area contributed by atoms with E-state index in [1.807, 2.05) is 0 Å². The summed E-state index contributed by atoms with van der Waals surface area (Å²) < 4.78 is 4.99. The normalized spacial score (nSPS) is 14.5. The molecule has 2 atom stereocenters. The van der Waals surface area contributed by atoms with Gasteiger partial charge in [-0.3, -0.25) is 0 Å². The molecule has 0 amide bonds. The highest BCUT2D eigenvalue weighted by Gasteiger charge is 2.15. The highest BCUT2D eigenvalue weighted by molar-refractivity contribution is 6.35. The lowest BCUT2D eigenvalue weighted by Gasteiger charge is -2.17. The van der Waals surface area contributed by atoms with E-state index in [9.17, 15) is 5.11 Å². The van der Waals surface area contributed by atoms with Crippen LogP contribution in [0.25, 0.3) is 0 Å². The number of rotatable bonds is 7. The van der Waals surface area contributed by atoms with Crippen LogP contribution < -0.4 is 0 Å². The van der Waals surface area contributed by atoms with E-state index < -0.39 is 6.10 Å². The minimum absolute atomic E-state index is 0.0377. The van der Waals surface area contributed by atoms with Crippen LogP contribution >= 0.6 is 23.2 Å². The van der Waals surface area contributed by atoms with Gasteiger partial charge in [0.15, 0.2) is 0 Å². The fraction of sp³-hybridized carbons (Fsp3) is 0.538. The summed E-state index contributed by atoms with van der Waals surface area (Å²) in [5.41, 5.74) is 0.662. The molecule has 2 unspecified atom stereocenters. The third kappa shape index (κ3) is 4.75. The summed E-state index contributed by atoms with van der Waals surface area (Å²) in [6, 6.07) is 5.03. The number of ether oxygens (including phenoxy) is 1. The van der Waals surface area contributed by atoms with E-state index in [2.05, 4.69) is 0 Å². The largest absolute Gasteiger partial charge is 0.396 e. The van der Waals surface area contributed by atoms with Gasteiger partial charge < -0.3 is 14.9 Å². The van der Waals surface area contributed by atoms with E-state index in [0.29, 0.717) is 35.1 Å². The van der Waals surface area contributed by atoms with Gasteiger partial charge in [0.25, 0.3) is 0 Å². The smallest absolute Gasteiger partial charge is 0.0804 e. The molecule has 102 valence electrons. The Bertz CT molecular complexity index is 371. The Labute approximate surface area is 117 Å². The zero-order valence-corrected chi connectivity index (χ0v) is 11.8. The predicted molar refractivity (Wildman–Crippen MR) is 73.1 cm³/mol. The molecule has 0 aliphatic carbocycles. The van der Waals surface area contributed by atoms with Gasteiger partial charge in [-0.15, -0.1) is 0 Å². The van der Waals surface area contributed by atoms with E-state index in [4.69, 9.17) is 33.0 Å². The molecule has 1 aromatic rings. The van der Waals surface area contributed by atoms with Gasteiger partial charge in [0.2, 0.25) is 0 Å². The van der Waals surface area contributed by atoms with Crippen molar-refractivity contribution in [3.05, 3.63) is 33.8 Å². The first-order valence-corrected chi connectivity index (χ1v) is 6.56. The second-order valence-corrected chi connectivity index (χ2v) is 5.11. The lowest BCUT2D eigenvalue weighted by atomic mass is 9.98. The number of hydrogen-bond donors (Lipinski definition) is 2. The fourth-order valence-electron chi connectivity index (χ4n) is 1.78. The van der Waals surface area contributed by atoms with E-state index >= 15 is 0 Å². The first-order chi connectivity index (χ1) is 8.58. The summed E-state index contributed by atoms with van der Waals surface area (Å²) in [5, 5.41) is 20.2. The van der Waals surface area contributed by atoms with Gasteiger partial charge in [0.1, 0.15) is 0 Å². The minimum atomic E-state index is -0.652. The first-order valence-electron chi connectivity index (χ1n) is 5.81. The average Bonchev–Trinajstić information content (AvgIpc) is 2.34. The van der Waals surface area contributed by atoms with Gasteiger partial charge in [-0.25, -0.2) is 0 Å². The molecule has 0 saturated heterocycles. The Morgan fingerprint density at radius 1 is 1.28 bits per heavy atom. The number of benzene rings is 1. The number of aliphatic hydroxyl groups is 2. The van der Waals surface area contributed by atoms with Crippen LogP contribution in [-0.4, -0.2) is 30.5 Å². The van der Waals surface area contributed by atoms with Gasteiger partial charge >= 0.3 is 0 Å². The van der Waals surface area contributed by atoms with Crippen molar-refractivity contribution >= 4 is 23.2 Å². The van der Waals surface area contributed by atoms with Crippen molar-refractivity contribution in [1.29, 1.82) is 0 Å². The molecule has 0 heterocycles. The Morgan fingerprint density at radius 3 is 2.56 bits per heavy atom. The lowest BCUT2D eigenvalue weighted by Crippen LogP contribution is -2.14. The molecule has 0 spiro atoms. The third-order valence-electron chi connectivity index (χ3n) is 2.83. The van der Waals surface area contributed by atoms with Crippen molar-refractivity contribution in [3.63, 3.8) is 0 Å². The van der Waals surface area contributed by atoms with Crippen molar-refractivity contribution in [1.82, 2.24) is 0 Å². The van der Waals surface area contributed by atoms with Gasteiger partial charge in [-0.2, -0.15) is 0 Å². The summed E-state index contributed by atoms with van der Waals surface area (Å²) in [4.78, 5) is 0. The fourth-order valence-corrected chi connectivity index (χ4v) is 2.32. The Hall–Kier alpha value is -0.320. The zero-order chi connectivity index (χ0) is 13.5. The molecular formula is C13H18Cl2O3. The monoisotopic (exact) mass is 292 g/mol. The highest BCUT2D eigenvalue weighted by atomic mass is 35.5. The number of aliphatic hydroxyl groups excluding tert-OH is 2. The van der Waals surface area contributed by atoms with Crippen molar-refractivity contribution in [2.75, 3.05) is 20.3 Å². The van der Waals surface area contributed by atoms with Gasteiger partial charge in [0.05, 0.1) is 12.7 Å². The molecule has 2 N–H and O–H groups in total. The lowest BCUT2D eigenvalue weighted by molar-refractivity contribution is 0.0878. The molecule has 5 heteroatoms. The standard InChI is InChI=1S/C13H18Cl2O3/c1-18-8-9(7-16)2-5-13(17)11-4-3-10(14)6-12(11)15/h3-4,6,9,13,16-17H,2,5,7-8H2,1H3. The number of hydrogen-bond acceptors (Lipinski definition) is 3. The maximum Gasteiger partial charge on any atom is 0.0804 e. The molecule has 18 heavy (non-hydrogen) atoms. The highest BCUT2D eigenvalue weighted by Crippen LogP contribution is 2.29. The second kappa shape index (κ2) is 7.97. The molecule has 1 aromatic carbocycles. The molecular weight excluding hydrogens is 275 g/mol. The molecule has 0 aliphatic heterocycles. The number of methoxy groups -OCH3 is 1. The predicted octanol–water partition coefficient (Wildman–Crippen LogP) is 3.06. The molecule has 1 rings (SSSR count). The van der Waals surface area contributed by atoms with Crippen molar-refractivity contribution in [3.8, 4) is 0 Å². The second-order valence-electron chi connectivity index (χ2n) is 4.26. The quantitative estimate of drug-likeness (QED) is 0.812. The maximum absolute atomic E-state index is 10.1. The van der Waals surface area contributed by atoms with Crippen LogP contribution in [0.1, 0.15) is 24.5 Å². The van der Waals surface area contributed by atoms with E-state index in [-0.39, 0.29) is 12.5 Å². The van der Waals surface area contributed by atoms with Crippen LogP contribution in [0.2, 0.25) is 10.0 Å². The zero-order valence-electron chi connectivity index (χ0n) is 10.3. The van der Waals surface area contributed by atoms with E-state index in [1.54, 1.807) is 25.3 Å². The summed E-state index contributed by atoms with van der Waals surface area (Å²) in [7, 11) is 1.59. The third-order valence-corrected chi connectivity index (χ3v) is 3.39. The first kappa shape index (κ1) is 15.7.